The molecule has 0 atom stereocenters. The summed E-state index contributed by atoms with van der Waals surface area (Å²) in [4.78, 5) is 17.0. The van der Waals surface area contributed by atoms with Crippen LogP contribution < -0.4 is 10.6 Å². The van der Waals surface area contributed by atoms with Gasteiger partial charge in [-0.3, -0.25) is 0 Å². The lowest BCUT2D eigenvalue weighted by Crippen LogP contribution is -2.23. The lowest BCUT2D eigenvalue weighted by molar-refractivity contribution is 0.0698. The number of anilines is 2. The Hall–Kier alpha value is -1.78. The summed E-state index contributed by atoms with van der Waals surface area (Å²) in [6.07, 6.45) is 3.96. The van der Waals surface area contributed by atoms with Gasteiger partial charge in [-0.15, -0.1) is 0 Å². The minimum atomic E-state index is -1.01. The number of carboxylic acids is 1. The van der Waals surface area contributed by atoms with Crippen LogP contribution in [0.2, 0.25) is 0 Å². The van der Waals surface area contributed by atoms with Gasteiger partial charge in [0.1, 0.15) is 0 Å². The molecule has 0 unspecified atom stereocenters. The van der Waals surface area contributed by atoms with Crippen molar-refractivity contribution in [3.63, 3.8) is 0 Å². The predicted molar refractivity (Wildman–Crippen MR) is 61.6 cm³/mol. The van der Waals surface area contributed by atoms with Crippen LogP contribution in [-0.2, 0) is 0 Å². The number of nitrogens with two attached hydrogens (primary N) is 1. The van der Waals surface area contributed by atoms with Crippen LogP contribution >= 0.6 is 0 Å². The molecule has 3 N–H and O–H groups in total. The van der Waals surface area contributed by atoms with E-state index in [1.54, 1.807) is 0 Å². The minimum Gasteiger partial charge on any atom is -0.478 e. The van der Waals surface area contributed by atoms with Crippen LogP contribution in [0.5, 0.6) is 0 Å². The van der Waals surface area contributed by atoms with Crippen LogP contribution in [0.3, 0.4) is 0 Å². The van der Waals surface area contributed by atoms with Crippen molar-refractivity contribution >= 4 is 17.5 Å². The van der Waals surface area contributed by atoms with Crippen LogP contribution in [0.25, 0.3) is 0 Å². The summed E-state index contributed by atoms with van der Waals surface area (Å²) in [5, 5.41) is 8.94. The second-order valence-electron chi connectivity index (χ2n) is 4.22. The number of nitrogen functional groups attached to an aromatic ring is 1. The molecule has 0 saturated heterocycles. The molecule has 1 aliphatic rings. The van der Waals surface area contributed by atoms with E-state index in [1.165, 1.54) is 25.1 Å². The molecule has 1 fully saturated rings. The Labute approximate surface area is 93.9 Å². The van der Waals surface area contributed by atoms with E-state index in [0.717, 1.165) is 6.54 Å². The SMILES string of the molecule is CN(CC1CC1)c1nccc(C(=O)O)c1N. The molecule has 0 bridgehead atoms. The van der Waals surface area contributed by atoms with Gasteiger partial charge in [0.05, 0.1) is 11.3 Å². The molecular formula is C11H15N3O2. The summed E-state index contributed by atoms with van der Waals surface area (Å²) in [7, 11) is 1.89. The molecule has 16 heavy (non-hydrogen) atoms. The van der Waals surface area contributed by atoms with Gasteiger partial charge in [-0.25, -0.2) is 9.78 Å². The Morgan fingerprint density at radius 3 is 2.94 bits per heavy atom. The average molecular weight is 221 g/mol. The normalized spacial score (nSPS) is 14.8. The zero-order valence-corrected chi connectivity index (χ0v) is 9.18. The molecule has 1 aromatic rings. The van der Waals surface area contributed by atoms with E-state index in [2.05, 4.69) is 4.98 Å². The lowest BCUT2D eigenvalue weighted by Gasteiger charge is -2.20. The molecule has 5 heteroatoms. The summed E-state index contributed by atoms with van der Waals surface area (Å²) < 4.78 is 0. The summed E-state index contributed by atoms with van der Waals surface area (Å²) in [5.41, 5.74) is 6.16. The molecule has 1 aromatic heterocycles. The Morgan fingerprint density at radius 2 is 2.38 bits per heavy atom. The smallest absolute Gasteiger partial charge is 0.337 e. The quantitative estimate of drug-likeness (QED) is 0.798. The molecule has 0 amide bonds. The first-order valence-corrected chi connectivity index (χ1v) is 5.28. The van der Waals surface area contributed by atoms with E-state index in [4.69, 9.17) is 10.8 Å². The second-order valence-corrected chi connectivity index (χ2v) is 4.22. The highest BCUT2D eigenvalue weighted by atomic mass is 16.4. The number of rotatable bonds is 4. The third-order valence-electron chi connectivity index (χ3n) is 2.79. The molecule has 1 saturated carbocycles. The van der Waals surface area contributed by atoms with Crippen molar-refractivity contribution in [1.82, 2.24) is 4.98 Å². The molecule has 1 heterocycles. The van der Waals surface area contributed by atoms with Gasteiger partial charge in [-0.1, -0.05) is 0 Å². The van der Waals surface area contributed by atoms with Gasteiger partial charge in [0.2, 0.25) is 0 Å². The molecule has 0 radical (unpaired) electrons. The van der Waals surface area contributed by atoms with Gasteiger partial charge in [0.25, 0.3) is 0 Å². The van der Waals surface area contributed by atoms with E-state index in [9.17, 15) is 4.79 Å². The number of carbonyl (C=O) groups is 1. The van der Waals surface area contributed by atoms with Crippen molar-refractivity contribution in [2.24, 2.45) is 5.92 Å². The minimum absolute atomic E-state index is 0.118. The van der Waals surface area contributed by atoms with Crippen LogP contribution in [0, 0.1) is 5.92 Å². The number of pyridine rings is 1. The highest BCUT2D eigenvalue weighted by molar-refractivity contribution is 5.96. The lowest BCUT2D eigenvalue weighted by atomic mass is 10.2. The molecule has 5 nitrogen and oxygen atoms in total. The van der Waals surface area contributed by atoms with Gasteiger partial charge < -0.3 is 15.7 Å². The van der Waals surface area contributed by atoms with E-state index < -0.39 is 5.97 Å². The second kappa shape index (κ2) is 4.00. The first-order valence-electron chi connectivity index (χ1n) is 5.28. The number of nitrogens with zero attached hydrogens (tertiary/aromatic N) is 2. The number of hydrogen-bond acceptors (Lipinski definition) is 4. The van der Waals surface area contributed by atoms with Crippen LogP contribution in [0.15, 0.2) is 12.3 Å². The number of aromatic carboxylic acids is 1. The standard InChI is InChI=1S/C11H15N3O2/c1-14(6-7-2-3-7)10-9(12)8(11(15)16)4-5-13-10/h4-5,7H,2-3,6,12H2,1H3,(H,15,16). The predicted octanol–water partition coefficient (Wildman–Crippen LogP) is 1.21. The number of aromatic nitrogens is 1. The summed E-state index contributed by atoms with van der Waals surface area (Å²) >= 11 is 0. The third kappa shape index (κ3) is 2.08. The highest BCUT2D eigenvalue weighted by Crippen LogP contribution is 2.32. The fourth-order valence-corrected chi connectivity index (χ4v) is 1.73. The van der Waals surface area contributed by atoms with E-state index in [0.29, 0.717) is 11.7 Å². The summed E-state index contributed by atoms with van der Waals surface area (Å²) in [6, 6.07) is 1.42. The molecule has 2 rings (SSSR count). The maximum absolute atomic E-state index is 10.9. The van der Waals surface area contributed by atoms with Crippen molar-refractivity contribution in [1.29, 1.82) is 0 Å². The fraction of sp³-hybridized carbons (Fsp3) is 0.455. The summed E-state index contributed by atoms with van der Waals surface area (Å²) in [6.45, 7) is 0.889. The maximum atomic E-state index is 10.9. The Morgan fingerprint density at radius 1 is 1.69 bits per heavy atom. The van der Waals surface area contributed by atoms with Crippen molar-refractivity contribution in [2.75, 3.05) is 24.2 Å². The molecular weight excluding hydrogens is 206 g/mol. The van der Waals surface area contributed by atoms with Gasteiger partial charge in [-0.2, -0.15) is 0 Å². The molecule has 86 valence electrons. The van der Waals surface area contributed by atoms with Crippen LogP contribution in [-0.4, -0.2) is 29.7 Å². The first kappa shape index (κ1) is 10.7. The number of carboxylic acid groups (broad SMARTS) is 1. The van der Waals surface area contributed by atoms with Crippen LogP contribution in [0.4, 0.5) is 11.5 Å². The van der Waals surface area contributed by atoms with E-state index >= 15 is 0 Å². The molecule has 0 aliphatic heterocycles. The number of hydrogen-bond donors (Lipinski definition) is 2. The zero-order valence-electron chi connectivity index (χ0n) is 9.18. The van der Waals surface area contributed by atoms with Crippen molar-refractivity contribution in [3.8, 4) is 0 Å². The molecule has 0 spiro atoms. The fourth-order valence-electron chi connectivity index (χ4n) is 1.73. The highest BCUT2D eigenvalue weighted by Gasteiger charge is 2.24. The van der Waals surface area contributed by atoms with Crippen LogP contribution in [0.1, 0.15) is 23.2 Å². The third-order valence-corrected chi connectivity index (χ3v) is 2.79. The maximum Gasteiger partial charge on any atom is 0.337 e. The monoisotopic (exact) mass is 221 g/mol. The van der Waals surface area contributed by atoms with Crippen molar-refractivity contribution in [2.45, 2.75) is 12.8 Å². The summed E-state index contributed by atoms with van der Waals surface area (Å²) in [5.74, 6) is 0.257. The Bertz CT molecular complexity index is 416. The van der Waals surface area contributed by atoms with Gasteiger partial charge in [0.15, 0.2) is 5.82 Å². The zero-order chi connectivity index (χ0) is 11.7. The van der Waals surface area contributed by atoms with Gasteiger partial charge >= 0.3 is 5.97 Å². The van der Waals surface area contributed by atoms with Crippen molar-refractivity contribution in [3.05, 3.63) is 17.8 Å². The average Bonchev–Trinajstić information content (AvgIpc) is 3.01. The van der Waals surface area contributed by atoms with Gasteiger partial charge in [0, 0.05) is 19.8 Å². The largest absolute Gasteiger partial charge is 0.478 e. The van der Waals surface area contributed by atoms with Gasteiger partial charge in [-0.05, 0) is 24.8 Å². The topological polar surface area (TPSA) is 79.5 Å². The Kier molecular flexibility index (Phi) is 2.68. The Balaban J connectivity index is 2.25. The van der Waals surface area contributed by atoms with Crippen molar-refractivity contribution < 1.29 is 9.90 Å². The molecule has 1 aliphatic carbocycles. The molecule has 0 aromatic carbocycles. The van der Waals surface area contributed by atoms with E-state index in [-0.39, 0.29) is 11.3 Å². The van der Waals surface area contributed by atoms with E-state index in [1.807, 2.05) is 11.9 Å². The first-order chi connectivity index (χ1) is 7.59.